The fourth-order valence-electron chi connectivity index (χ4n) is 1.20. The van der Waals surface area contributed by atoms with Gasteiger partial charge in [0.25, 0.3) is 5.91 Å². The largest absolute Gasteiger partial charge is 0.445 e. The van der Waals surface area contributed by atoms with Crippen LogP contribution in [-0.2, 0) is 11.3 Å². The Bertz CT molecular complexity index is 469. The van der Waals surface area contributed by atoms with Crippen molar-refractivity contribution in [3.05, 3.63) is 29.9 Å². The zero-order valence-electron chi connectivity index (χ0n) is 9.72. The highest BCUT2D eigenvalue weighted by Gasteiger charge is 2.08. The van der Waals surface area contributed by atoms with E-state index in [4.69, 9.17) is 5.73 Å². The van der Waals surface area contributed by atoms with E-state index in [1.165, 1.54) is 24.1 Å². The summed E-state index contributed by atoms with van der Waals surface area (Å²) in [5.74, 6) is -0.291. The Morgan fingerprint density at radius 1 is 1.67 bits per heavy atom. The quantitative estimate of drug-likeness (QED) is 0.785. The first-order valence-corrected chi connectivity index (χ1v) is 5.01. The van der Waals surface area contributed by atoms with Crippen molar-refractivity contribution >= 4 is 12.0 Å². The summed E-state index contributed by atoms with van der Waals surface area (Å²) in [5, 5.41) is 6.31. The number of rotatable bonds is 5. The van der Waals surface area contributed by atoms with Crippen LogP contribution in [0.3, 0.4) is 0 Å². The number of aromatic nitrogens is 2. The Hall–Kier alpha value is -2.38. The Morgan fingerprint density at radius 2 is 2.39 bits per heavy atom. The summed E-state index contributed by atoms with van der Waals surface area (Å²) in [6.45, 7) is -0.207. The molecule has 0 aliphatic carbocycles. The first-order valence-electron chi connectivity index (χ1n) is 5.01. The minimum atomic E-state index is -0.985. The van der Waals surface area contributed by atoms with Crippen LogP contribution in [-0.4, -0.2) is 35.4 Å². The first-order chi connectivity index (χ1) is 8.56. The molecule has 2 amide bonds. The van der Waals surface area contributed by atoms with Gasteiger partial charge in [-0.1, -0.05) is 0 Å². The molecule has 0 aliphatic rings. The van der Waals surface area contributed by atoms with E-state index in [0.29, 0.717) is 11.9 Å². The van der Waals surface area contributed by atoms with Crippen molar-refractivity contribution in [1.29, 1.82) is 0 Å². The molecule has 0 radical (unpaired) electrons. The van der Waals surface area contributed by atoms with E-state index in [2.05, 4.69) is 15.2 Å². The van der Waals surface area contributed by atoms with Gasteiger partial charge in [-0.25, -0.2) is 9.18 Å². The van der Waals surface area contributed by atoms with E-state index in [1.54, 1.807) is 0 Å². The van der Waals surface area contributed by atoms with Crippen LogP contribution in [0.25, 0.3) is 0 Å². The maximum Gasteiger partial charge on any atom is 0.404 e. The second-order valence-corrected chi connectivity index (χ2v) is 3.38. The van der Waals surface area contributed by atoms with Gasteiger partial charge in [0.1, 0.15) is 6.61 Å². The number of amides is 2. The lowest BCUT2D eigenvalue weighted by Crippen LogP contribution is -2.17. The van der Waals surface area contributed by atoms with Crippen LogP contribution in [0.2, 0.25) is 0 Å². The lowest BCUT2D eigenvalue weighted by atomic mass is 10.3. The highest BCUT2D eigenvalue weighted by Crippen LogP contribution is 2.04. The minimum Gasteiger partial charge on any atom is -0.445 e. The van der Waals surface area contributed by atoms with E-state index in [9.17, 15) is 14.0 Å². The number of hydrogen-bond donors (Lipinski definition) is 2. The van der Waals surface area contributed by atoms with Crippen molar-refractivity contribution in [1.82, 2.24) is 15.1 Å². The first kappa shape index (κ1) is 13.7. The number of nitrogens with zero attached hydrogens (tertiary/aromatic N) is 2. The summed E-state index contributed by atoms with van der Waals surface area (Å²) in [4.78, 5) is 21.6. The van der Waals surface area contributed by atoms with Gasteiger partial charge in [-0.05, 0) is 0 Å². The summed E-state index contributed by atoms with van der Waals surface area (Å²) in [6, 6.07) is 0. The number of halogens is 1. The average molecular weight is 256 g/mol. The number of carbonyl (C=O) groups excluding carboxylic acids is 2. The highest BCUT2D eigenvalue weighted by atomic mass is 19.1. The third kappa shape index (κ3) is 3.89. The van der Waals surface area contributed by atoms with Gasteiger partial charge in [0.05, 0.1) is 24.6 Å². The van der Waals surface area contributed by atoms with E-state index in [0.717, 1.165) is 0 Å². The van der Waals surface area contributed by atoms with Crippen molar-refractivity contribution in [3.8, 4) is 0 Å². The van der Waals surface area contributed by atoms with Crippen molar-refractivity contribution in [2.45, 2.75) is 6.54 Å². The summed E-state index contributed by atoms with van der Waals surface area (Å²) < 4.78 is 18.3. The maximum absolute atomic E-state index is 12.5. The van der Waals surface area contributed by atoms with Gasteiger partial charge in [-0.15, -0.1) is 0 Å². The van der Waals surface area contributed by atoms with Crippen molar-refractivity contribution in [3.63, 3.8) is 0 Å². The number of nitrogens with two attached hydrogens (primary N) is 1. The molecule has 0 unspecified atom stereocenters. The highest BCUT2D eigenvalue weighted by molar-refractivity contribution is 5.93. The molecule has 1 rings (SSSR count). The summed E-state index contributed by atoms with van der Waals surface area (Å²) in [5.41, 5.74) is 5.28. The zero-order valence-corrected chi connectivity index (χ0v) is 9.72. The van der Waals surface area contributed by atoms with Crippen LogP contribution in [0, 0.1) is 0 Å². The average Bonchev–Trinajstić information content (AvgIpc) is 2.81. The minimum absolute atomic E-state index is 0.0563. The number of nitrogens with one attached hydrogen (secondary N) is 1. The van der Waals surface area contributed by atoms with Crippen LogP contribution in [0.5, 0.6) is 0 Å². The Balaban J connectivity index is 2.63. The predicted octanol–water partition coefficient (Wildman–Crippen LogP) is 0.191. The lowest BCUT2D eigenvalue weighted by Gasteiger charge is -2.05. The topological polar surface area (TPSA) is 99.2 Å². The normalized spacial score (nSPS) is 11.1. The number of carbonyl (C=O) groups is 2. The van der Waals surface area contributed by atoms with Crippen LogP contribution in [0.1, 0.15) is 10.4 Å². The fraction of sp³-hybridized carbons (Fsp3) is 0.300. The monoisotopic (exact) mass is 256 g/mol. The maximum atomic E-state index is 12.5. The molecule has 0 aromatic carbocycles. The van der Waals surface area contributed by atoms with Gasteiger partial charge in [-0.3, -0.25) is 9.48 Å². The standard InChI is InChI=1S/C10H13FN4O3/c1-13-9(16)8-3-14-15(5-8)4-7(2-11)6-18-10(12)17/h2-3,5H,4,6H2,1H3,(H2,12,17)(H,13,16). The Labute approximate surface area is 102 Å². The van der Waals surface area contributed by atoms with E-state index >= 15 is 0 Å². The lowest BCUT2D eigenvalue weighted by molar-refractivity contribution is 0.0963. The molecule has 0 bridgehead atoms. The Morgan fingerprint density at radius 3 is 2.94 bits per heavy atom. The fourth-order valence-corrected chi connectivity index (χ4v) is 1.20. The van der Waals surface area contributed by atoms with Crippen molar-refractivity contribution < 1.29 is 18.7 Å². The molecular formula is C10H13FN4O3. The van der Waals surface area contributed by atoms with Gasteiger partial charge in [-0.2, -0.15) is 5.10 Å². The SMILES string of the molecule is CNC(=O)c1cnn(CC(=CF)COC(N)=O)c1. The molecule has 1 aromatic rings. The molecule has 1 aromatic heterocycles. The molecule has 1 heterocycles. The van der Waals surface area contributed by atoms with Crippen LogP contribution in [0.4, 0.5) is 9.18 Å². The second kappa shape index (κ2) is 6.38. The van der Waals surface area contributed by atoms with Crippen LogP contribution in [0.15, 0.2) is 24.3 Å². The molecule has 3 N–H and O–H groups in total. The molecule has 18 heavy (non-hydrogen) atoms. The number of primary amides is 1. The molecular weight excluding hydrogens is 243 g/mol. The molecule has 0 spiro atoms. The van der Waals surface area contributed by atoms with Crippen molar-refractivity contribution in [2.75, 3.05) is 13.7 Å². The van der Waals surface area contributed by atoms with Gasteiger partial charge in [0, 0.05) is 18.8 Å². The molecule has 0 saturated carbocycles. The summed E-state index contributed by atoms with van der Waals surface area (Å²) >= 11 is 0. The summed E-state index contributed by atoms with van der Waals surface area (Å²) in [7, 11) is 1.49. The number of hydrogen-bond acceptors (Lipinski definition) is 4. The van der Waals surface area contributed by atoms with Crippen molar-refractivity contribution in [2.24, 2.45) is 5.73 Å². The Kier molecular flexibility index (Phi) is 4.85. The van der Waals surface area contributed by atoms with Gasteiger partial charge < -0.3 is 15.8 Å². The van der Waals surface area contributed by atoms with Gasteiger partial charge >= 0.3 is 6.09 Å². The number of ether oxygens (including phenoxy) is 1. The van der Waals surface area contributed by atoms with E-state index < -0.39 is 6.09 Å². The molecule has 0 aliphatic heterocycles. The summed E-state index contributed by atoms with van der Waals surface area (Å²) in [6.07, 6.45) is 2.13. The van der Waals surface area contributed by atoms with Gasteiger partial charge in [0.2, 0.25) is 0 Å². The zero-order chi connectivity index (χ0) is 13.5. The molecule has 8 heteroatoms. The van der Waals surface area contributed by atoms with E-state index in [1.807, 2.05) is 0 Å². The molecule has 98 valence electrons. The third-order valence-electron chi connectivity index (χ3n) is 2.04. The third-order valence-corrected chi connectivity index (χ3v) is 2.04. The van der Waals surface area contributed by atoms with Gasteiger partial charge in [0.15, 0.2) is 0 Å². The van der Waals surface area contributed by atoms with E-state index in [-0.39, 0.29) is 24.6 Å². The molecule has 0 fully saturated rings. The molecule has 7 nitrogen and oxygen atoms in total. The van der Waals surface area contributed by atoms with Crippen LogP contribution >= 0.6 is 0 Å². The second-order valence-electron chi connectivity index (χ2n) is 3.38. The predicted molar refractivity (Wildman–Crippen MR) is 60.3 cm³/mol. The smallest absolute Gasteiger partial charge is 0.404 e. The van der Waals surface area contributed by atoms with Crippen LogP contribution < -0.4 is 11.1 Å². The molecule has 0 saturated heterocycles. The molecule has 0 atom stereocenters.